The normalized spacial score (nSPS) is 11.8. The Bertz CT molecular complexity index is 680. The number of hydrogen-bond donors (Lipinski definition) is 1. The van der Waals surface area contributed by atoms with E-state index < -0.39 is 0 Å². The van der Waals surface area contributed by atoms with Gasteiger partial charge in [0.1, 0.15) is 6.07 Å². The van der Waals surface area contributed by atoms with E-state index in [1.165, 1.54) is 0 Å². The van der Waals surface area contributed by atoms with Crippen LogP contribution in [0.15, 0.2) is 45.3 Å². The van der Waals surface area contributed by atoms with Gasteiger partial charge in [-0.15, -0.1) is 0 Å². The Hall–Kier alpha value is -1.02. The lowest BCUT2D eigenvalue weighted by Crippen LogP contribution is -2.07. The largest absolute Gasteiger partial charge is 0.378 e. The van der Waals surface area contributed by atoms with Crippen molar-refractivity contribution >= 4 is 49.1 Å². The smallest absolute Gasteiger partial charge is 0.101 e. The summed E-state index contributed by atoms with van der Waals surface area (Å²) < 4.78 is 2.06. The molecule has 1 unspecified atom stereocenters. The molecule has 102 valence electrons. The molecule has 0 aromatic heterocycles. The minimum atomic E-state index is 0.102. The summed E-state index contributed by atoms with van der Waals surface area (Å²) in [7, 11) is 0. The average Bonchev–Trinajstić information content (AvgIpc) is 2.40. The highest BCUT2D eigenvalue weighted by Crippen LogP contribution is 2.29. The van der Waals surface area contributed by atoms with E-state index in [4.69, 9.17) is 16.9 Å². The van der Waals surface area contributed by atoms with E-state index in [1.54, 1.807) is 12.1 Å². The Morgan fingerprint density at radius 1 is 1.20 bits per heavy atom. The molecule has 1 N–H and O–H groups in total. The van der Waals surface area contributed by atoms with Gasteiger partial charge in [0.25, 0.3) is 0 Å². The third-order valence-corrected chi connectivity index (χ3v) is 4.41. The maximum Gasteiger partial charge on any atom is 0.101 e. The van der Waals surface area contributed by atoms with Crippen molar-refractivity contribution in [2.45, 2.75) is 13.0 Å². The predicted molar refractivity (Wildman–Crippen MR) is 90.0 cm³/mol. The van der Waals surface area contributed by atoms with E-state index in [1.807, 2.05) is 24.3 Å². The minimum Gasteiger partial charge on any atom is -0.378 e. The van der Waals surface area contributed by atoms with Crippen LogP contribution in [0.25, 0.3) is 0 Å². The number of nitriles is 1. The summed E-state index contributed by atoms with van der Waals surface area (Å²) in [5.74, 6) is 0. The van der Waals surface area contributed by atoms with E-state index in [0.29, 0.717) is 10.6 Å². The molecule has 0 saturated heterocycles. The molecule has 0 aliphatic carbocycles. The molecule has 0 fully saturated rings. The molecule has 2 nitrogen and oxygen atoms in total. The Labute approximate surface area is 140 Å². The fraction of sp³-hybridized carbons (Fsp3) is 0.133. The lowest BCUT2D eigenvalue weighted by atomic mass is 10.1. The molecule has 20 heavy (non-hydrogen) atoms. The SMILES string of the molecule is CC(Nc1ccc(Cl)c(C#N)c1)c1ccc(Br)cc1Br. The van der Waals surface area contributed by atoms with Crippen molar-refractivity contribution in [1.29, 1.82) is 5.26 Å². The van der Waals surface area contributed by atoms with Gasteiger partial charge in [-0.2, -0.15) is 5.26 Å². The van der Waals surface area contributed by atoms with Crippen molar-refractivity contribution in [2.24, 2.45) is 0 Å². The van der Waals surface area contributed by atoms with E-state index in [-0.39, 0.29) is 6.04 Å². The molecular formula is C15H11Br2ClN2. The van der Waals surface area contributed by atoms with E-state index in [0.717, 1.165) is 20.2 Å². The van der Waals surface area contributed by atoms with Gasteiger partial charge >= 0.3 is 0 Å². The summed E-state index contributed by atoms with van der Waals surface area (Å²) in [6, 6.07) is 13.6. The first kappa shape index (κ1) is 15.4. The molecule has 0 aliphatic heterocycles. The highest BCUT2D eigenvalue weighted by atomic mass is 79.9. The summed E-state index contributed by atoms with van der Waals surface area (Å²) in [4.78, 5) is 0. The molecule has 0 aliphatic rings. The number of halogens is 3. The van der Waals surface area contributed by atoms with Crippen LogP contribution in [0.5, 0.6) is 0 Å². The van der Waals surface area contributed by atoms with Gasteiger partial charge < -0.3 is 5.32 Å². The summed E-state index contributed by atoms with van der Waals surface area (Å²) in [5.41, 5.74) is 2.48. The molecule has 2 aromatic carbocycles. The molecular weight excluding hydrogens is 403 g/mol. The summed E-state index contributed by atoms with van der Waals surface area (Å²) in [6.45, 7) is 2.06. The number of benzene rings is 2. The van der Waals surface area contributed by atoms with Crippen LogP contribution in [0, 0.1) is 11.3 Å². The van der Waals surface area contributed by atoms with Crippen LogP contribution in [0.4, 0.5) is 5.69 Å². The molecule has 1 atom stereocenters. The van der Waals surface area contributed by atoms with Crippen LogP contribution in [0.1, 0.15) is 24.1 Å². The van der Waals surface area contributed by atoms with Crippen molar-refractivity contribution in [3.8, 4) is 6.07 Å². The standard InChI is InChI=1S/C15H11Br2ClN2/c1-9(13-4-2-11(16)7-14(13)17)20-12-3-5-15(18)10(6-12)8-19/h2-7,9,20H,1H3. The molecule has 0 bridgehead atoms. The number of nitrogens with one attached hydrogen (secondary N) is 1. The van der Waals surface area contributed by atoms with E-state index in [2.05, 4.69) is 50.2 Å². The Balaban J connectivity index is 2.23. The fourth-order valence-corrected chi connectivity index (χ4v) is 3.43. The molecule has 0 heterocycles. The van der Waals surface area contributed by atoms with Gasteiger partial charge in [0, 0.05) is 20.7 Å². The maximum atomic E-state index is 8.99. The fourth-order valence-electron chi connectivity index (χ4n) is 1.88. The zero-order chi connectivity index (χ0) is 14.7. The van der Waals surface area contributed by atoms with Gasteiger partial charge in [-0.3, -0.25) is 0 Å². The van der Waals surface area contributed by atoms with Gasteiger partial charge in [-0.25, -0.2) is 0 Å². The minimum absolute atomic E-state index is 0.102. The zero-order valence-corrected chi connectivity index (χ0v) is 14.6. The third kappa shape index (κ3) is 3.54. The zero-order valence-electron chi connectivity index (χ0n) is 10.6. The van der Waals surface area contributed by atoms with Crippen LogP contribution >= 0.6 is 43.5 Å². The van der Waals surface area contributed by atoms with Crippen LogP contribution in [-0.4, -0.2) is 0 Å². The average molecular weight is 415 g/mol. The van der Waals surface area contributed by atoms with Gasteiger partial charge in [-0.1, -0.05) is 49.5 Å². The van der Waals surface area contributed by atoms with E-state index >= 15 is 0 Å². The third-order valence-electron chi connectivity index (χ3n) is 2.90. The number of anilines is 1. The van der Waals surface area contributed by atoms with Crippen molar-refractivity contribution in [3.63, 3.8) is 0 Å². The van der Waals surface area contributed by atoms with Crippen molar-refractivity contribution < 1.29 is 0 Å². The summed E-state index contributed by atoms with van der Waals surface area (Å²) in [5, 5.41) is 12.8. The molecule has 0 saturated carbocycles. The number of nitrogens with zero attached hydrogens (tertiary/aromatic N) is 1. The van der Waals surface area contributed by atoms with E-state index in [9.17, 15) is 0 Å². The lowest BCUT2D eigenvalue weighted by molar-refractivity contribution is 0.878. The summed E-state index contributed by atoms with van der Waals surface area (Å²) >= 11 is 12.9. The topological polar surface area (TPSA) is 35.8 Å². The second kappa shape index (κ2) is 6.62. The Morgan fingerprint density at radius 3 is 2.60 bits per heavy atom. The predicted octanol–water partition coefficient (Wildman–Crippen LogP) is 5.91. The molecule has 5 heteroatoms. The molecule has 0 radical (unpaired) electrons. The molecule has 2 aromatic rings. The van der Waals surface area contributed by atoms with Crippen LogP contribution in [0.3, 0.4) is 0 Å². The first-order valence-electron chi connectivity index (χ1n) is 5.92. The van der Waals surface area contributed by atoms with Crippen LogP contribution in [-0.2, 0) is 0 Å². The second-order valence-electron chi connectivity index (χ2n) is 4.34. The lowest BCUT2D eigenvalue weighted by Gasteiger charge is -2.17. The molecule has 0 amide bonds. The Morgan fingerprint density at radius 2 is 1.95 bits per heavy atom. The monoisotopic (exact) mass is 412 g/mol. The quantitative estimate of drug-likeness (QED) is 0.678. The molecule has 2 rings (SSSR count). The first-order chi connectivity index (χ1) is 9.51. The van der Waals surface area contributed by atoms with Crippen molar-refractivity contribution in [3.05, 3.63) is 61.5 Å². The maximum absolute atomic E-state index is 8.99. The number of rotatable bonds is 3. The van der Waals surface area contributed by atoms with Gasteiger partial charge in [0.05, 0.1) is 10.6 Å². The van der Waals surface area contributed by atoms with Crippen molar-refractivity contribution in [2.75, 3.05) is 5.32 Å². The van der Waals surface area contributed by atoms with Gasteiger partial charge in [0.2, 0.25) is 0 Å². The number of hydrogen-bond acceptors (Lipinski definition) is 2. The highest BCUT2D eigenvalue weighted by molar-refractivity contribution is 9.11. The van der Waals surface area contributed by atoms with Crippen LogP contribution < -0.4 is 5.32 Å². The van der Waals surface area contributed by atoms with Crippen molar-refractivity contribution in [1.82, 2.24) is 0 Å². The second-order valence-corrected chi connectivity index (χ2v) is 6.52. The first-order valence-corrected chi connectivity index (χ1v) is 7.89. The van der Waals surface area contributed by atoms with Crippen LogP contribution in [0.2, 0.25) is 5.02 Å². The summed E-state index contributed by atoms with van der Waals surface area (Å²) in [6.07, 6.45) is 0. The molecule has 0 spiro atoms. The van der Waals surface area contributed by atoms with Gasteiger partial charge in [-0.05, 0) is 42.8 Å². The van der Waals surface area contributed by atoms with Gasteiger partial charge in [0.15, 0.2) is 0 Å². The highest BCUT2D eigenvalue weighted by Gasteiger charge is 2.10. The Kier molecular flexibility index (Phi) is 5.09.